The molecule has 23 heteroatoms. The average molecular weight is 976 g/mol. The summed E-state index contributed by atoms with van der Waals surface area (Å²) in [4.78, 5) is 103. The summed E-state index contributed by atoms with van der Waals surface area (Å²) in [6, 6.07) is -10.6. The number of carbonyl (C=O) groups excluding carboxylic acids is 7. The third kappa shape index (κ3) is 10.8. The number of hydrogen-bond donors (Lipinski definition) is 9. The number of esters is 1. The Morgan fingerprint density at radius 2 is 1.53 bits per heavy atom. The number of aliphatic hydroxyl groups excluding tert-OH is 1. The molecule has 5 rings (SSSR count). The van der Waals surface area contributed by atoms with E-state index in [0.29, 0.717) is 18.8 Å². The molecule has 0 radical (unpaired) electrons. The highest BCUT2D eigenvalue weighted by atomic mass is 16.8. The van der Waals surface area contributed by atoms with E-state index in [4.69, 9.17) is 9.47 Å². The van der Waals surface area contributed by atoms with Gasteiger partial charge in [-0.1, -0.05) is 54.9 Å². The summed E-state index contributed by atoms with van der Waals surface area (Å²) in [5, 5.41) is 73.8. The van der Waals surface area contributed by atoms with Crippen molar-refractivity contribution in [3.8, 4) is 0 Å². The number of β-amino-alcohol motifs (C(OH)–C–C–N with tert-alkyl or cyclic N) is 1. The van der Waals surface area contributed by atoms with Gasteiger partial charge in [0.05, 0.1) is 17.8 Å². The second kappa shape index (κ2) is 21.5. The third-order valence-electron chi connectivity index (χ3n) is 14.7. The van der Waals surface area contributed by atoms with E-state index in [1.54, 1.807) is 0 Å². The Morgan fingerprint density at radius 1 is 0.882 bits per heavy atom. The Balaban J connectivity index is 1.62. The van der Waals surface area contributed by atoms with Crippen LogP contribution in [0.5, 0.6) is 0 Å². The van der Waals surface area contributed by atoms with Gasteiger partial charge < -0.3 is 40.1 Å². The van der Waals surface area contributed by atoms with Gasteiger partial charge in [-0.05, 0) is 83.0 Å². The molecule has 0 unspecified atom stereocenters. The van der Waals surface area contributed by atoms with Gasteiger partial charge in [0.15, 0.2) is 11.6 Å². The fourth-order valence-corrected chi connectivity index (χ4v) is 10.1. The molecule has 0 bridgehead atoms. The van der Waals surface area contributed by atoms with Gasteiger partial charge in [-0.2, -0.15) is 0 Å². The summed E-state index contributed by atoms with van der Waals surface area (Å²) in [5.74, 6) is -12.1. The maximum Gasteiger partial charge on any atom is 0.332 e. The molecule has 68 heavy (non-hydrogen) atoms. The summed E-state index contributed by atoms with van der Waals surface area (Å²) >= 11 is 0. The topological polar surface area (TPSA) is 312 Å². The molecule has 5 saturated heterocycles. The molecule has 5 fully saturated rings. The minimum absolute atomic E-state index is 0.0101. The van der Waals surface area contributed by atoms with Crippen LogP contribution in [0, 0.1) is 23.7 Å². The van der Waals surface area contributed by atoms with E-state index < -0.39 is 125 Å². The van der Waals surface area contributed by atoms with Crippen LogP contribution < -0.4 is 16.2 Å². The highest BCUT2D eigenvalue weighted by Crippen LogP contribution is 2.42. The van der Waals surface area contributed by atoms with Crippen LogP contribution in [0.15, 0.2) is 0 Å². The Kier molecular flexibility index (Phi) is 17.4. The summed E-state index contributed by atoms with van der Waals surface area (Å²) in [7, 11) is 0. The lowest BCUT2D eigenvalue weighted by molar-refractivity contribution is -0.329. The molecule has 5 heterocycles. The van der Waals surface area contributed by atoms with Gasteiger partial charge in [-0.25, -0.2) is 25.8 Å². The first-order valence-electron chi connectivity index (χ1n) is 24.2. The van der Waals surface area contributed by atoms with Crippen molar-refractivity contribution in [2.45, 2.75) is 199 Å². The lowest BCUT2D eigenvalue weighted by Crippen LogP contribution is -2.70. The van der Waals surface area contributed by atoms with Gasteiger partial charge in [0, 0.05) is 32.5 Å². The quantitative estimate of drug-likeness (QED) is 0.0784. The van der Waals surface area contributed by atoms with Crippen molar-refractivity contribution in [2.75, 3.05) is 19.6 Å². The van der Waals surface area contributed by atoms with Crippen molar-refractivity contribution in [2.24, 2.45) is 23.7 Å². The lowest BCUT2D eigenvalue weighted by Gasteiger charge is -2.48. The Morgan fingerprint density at radius 3 is 2.13 bits per heavy atom. The maximum absolute atomic E-state index is 15.1. The summed E-state index contributed by atoms with van der Waals surface area (Å²) in [6.45, 7) is 15.0. The Bertz CT molecular complexity index is 1890. The zero-order valence-electron chi connectivity index (χ0n) is 41.1. The zero-order chi connectivity index (χ0) is 51.0. The standard InChI is InChI=1S/C45H76N8O15/c1-11-25(7)20-27-15-16-45(64,68-31(27)12-2)44(10,63)42(61)48-32-34(24(5)6)67-41(60)33(23(3)4)53(66)40(59)35-43(9,62)17-19-49(35)37(56)30-21-28(54)22-47-51(30)36(55)26(8)52(65)38(57)29-14-13-18-46-50(29)39(32)58/h23-35,46-47,54,62-66H,11-22H2,1-10H3,(H,48,61)/t25-,26-,27+,28+,29+,30+,31+,32-,33-,34-,35+,43+,44+,45+/m0/s1/i15+1,18+1,22+1,37+1,38+1,42+1,45+1. The number of nitrogens with one attached hydrogen (secondary N) is 3. The molecule has 0 aromatic rings. The molecule has 0 spiro atoms. The Hall–Kier alpha value is -4.07. The molecule has 6 amide bonds. The highest BCUT2D eigenvalue weighted by molar-refractivity contribution is 5.98. The molecule has 0 aromatic heterocycles. The second-order valence-corrected chi connectivity index (χ2v) is 20.6. The van der Waals surface area contributed by atoms with Crippen LogP contribution in [-0.2, 0) is 43.0 Å². The van der Waals surface area contributed by atoms with Gasteiger partial charge in [0.1, 0.15) is 36.3 Å². The fourth-order valence-electron chi connectivity index (χ4n) is 10.1. The summed E-state index contributed by atoms with van der Waals surface area (Å²) < 4.78 is 12.2. The predicted octanol–water partition coefficient (Wildman–Crippen LogP) is -0.704. The highest BCUT2D eigenvalue weighted by Gasteiger charge is 2.59. The van der Waals surface area contributed by atoms with Crippen molar-refractivity contribution < 1.29 is 73.9 Å². The molecule has 0 aromatic carbocycles. The first-order valence-corrected chi connectivity index (χ1v) is 24.2. The lowest BCUT2D eigenvalue weighted by atomic mass is 9.91. The van der Waals surface area contributed by atoms with Crippen LogP contribution in [0.3, 0.4) is 0 Å². The van der Waals surface area contributed by atoms with Crippen LogP contribution in [0.25, 0.3) is 0 Å². The van der Waals surface area contributed by atoms with E-state index in [1.165, 1.54) is 34.6 Å². The van der Waals surface area contributed by atoms with Crippen LogP contribution in [-0.4, -0.2) is 188 Å². The van der Waals surface area contributed by atoms with Gasteiger partial charge >= 0.3 is 5.97 Å². The van der Waals surface area contributed by atoms with Gasteiger partial charge in [-0.15, -0.1) is 0 Å². The second-order valence-electron chi connectivity index (χ2n) is 20.6. The minimum Gasteiger partial charge on any atom is -0.458 e. The van der Waals surface area contributed by atoms with Gasteiger partial charge in [-0.3, -0.25) is 49.2 Å². The normalized spacial score (nSPS) is 36.6. The Labute approximate surface area is 397 Å². The van der Waals surface area contributed by atoms with Gasteiger partial charge in [0.2, 0.25) is 11.7 Å². The molecule has 0 saturated carbocycles. The maximum atomic E-state index is 15.1. The molecular formula is C45H76N8O15. The van der Waals surface area contributed by atoms with Crippen molar-refractivity contribution >= 4 is 41.4 Å². The third-order valence-corrected chi connectivity index (χ3v) is 14.7. The van der Waals surface area contributed by atoms with E-state index in [1.807, 2.05) is 6.92 Å². The number of rotatable bonds is 9. The van der Waals surface area contributed by atoms with Crippen molar-refractivity contribution in [1.29, 1.82) is 0 Å². The van der Waals surface area contributed by atoms with Crippen LogP contribution >= 0.6 is 0 Å². The smallest absolute Gasteiger partial charge is 0.332 e. The minimum atomic E-state index is -2.76. The largest absolute Gasteiger partial charge is 0.458 e. The van der Waals surface area contributed by atoms with Crippen molar-refractivity contribution in [1.82, 2.24) is 41.2 Å². The first-order chi connectivity index (χ1) is 31.6. The number of hydroxylamine groups is 4. The molecule has 23 nitrogen and oxygen atoms in total. The zero-order valence-corrected chi connectivity index (χ0v) is 41.1. The number of nitrogens with zero attached hydrogens (tertiary/aromatic N) is 5. The number of ether oxygens (including phenoxy) is 2. The summed E-state index contributed by atoms with van der Waals surface area (Å²) in [5.41, 5.74) is 0.710. The number of amides is 6. The molecule has 0 aliphatic carbocycles. The number of carbonyl (C=O) groups is 7. The number of fused-ring (bicyclic) bond motifs is 3. The fraction of sp³-hybridized carbons (Fsp3) is 0.844. The van der Waals surface area contributed by atoms with Crippen molar-refractivity contribution in [3.05, 3.63) is 0 Å². The number of aliphatic hydroxyl groups is 4. The van der Waals surface area contributed by atoms with E-state index in [2.05, 4.69) is 30.0 Å². The van der Waals surface area contributed by atoms with E-state index in [0.717, 1.165) is 41.6 Å². The molecule has 386 valence electrons. The first kappa shape index (κ1) is 54.9. The van der Waals surface area contributed by atoms with E-state index in [9.17, 15) is 59.6 Å². The van der Waals surface area contributed by atoms with Crippen molar-refractivity contribution in [3.63, 3.8) is 0 Å². The number of cyclic esters (lactones) is 1. The number of hydrogen-bond acceptors (Lipinski definition) is 17. The predicted molar refractivity (Wildman–Crippen MR) is 237 cm³/mol. The van der Waals surface area contributed by atoms with Crippen LogP contribution in [0.4, 0.5) is 0 Å². The van der Waals surface area contributed by atoms with Crippen LogP contribution in [0.2, 0.25) is 0 Å². The summed E-state index contributed by atoms with van der Waals surface area (Å²) in [6.07, 6.45) is -1.48. The monoisotopic (exact) mass is 976 g/mol. The molecule has 5 aliphatic heterocycles. The SMILES string of the molecule is CC[C@H](C)C[C@H]1[13CH2]C[13C@](O)([C@](C)(O)[13C](=O)N[C@@H]2C(=O)N3N[13CH2]CC[C@@H]3[13C](=O)N(O)[C@@H](C)C(=O)N3N[13CH2][C@H](O)C[C@@H]3[13C](=O)N3CC[C@@](C)(O)[C@H]3C(=O)N(O)[C@@H](C(C)C)C(=O)O[C@H]2C(C)C)O[C@@H]1CC. The van der Waals surface area contributed by atoms with Gasteiger partial charge in [0.25, 0.3) is 29.5 Å². The van der Waals surface area contributed by atoms with Crippen LogP contribution in [0.1, 0.15) is 127 Å². The average Bonchev–Trinajstić information content (AvgIpc) is 3.62. The molecular weight excluding hydrogens is 899 g/mol. The molecule has 9 N–H and O–H groups in total. The van der Waals surface area contributed by atoms with E-state index >= 15 is 4.79 Å². The number of hydrazine groups is 2. The molecule has 14 atom stereocenters. The van der Waals surface area contributed by atoms with E-state index in [-0.39, 0.29) is 67.8 Å². The molecule has 5 aliphatic rings.